The van der Waals surface area contributed by atoms with E-state index in [2.05, 4.69) is 21.6 Å². The Morgan fingerprint density at radius 3 is 3.05 bits per heavy atom. The zero-order valence-electron chi connectivity index (χ0n) is 10.9. The second-order valence-electron chi connectivity index (χ2n) is 4.07. The third kappa shape index (κ3) is 4.37. The molecule has 1 aromatic carbocycles. The van der Waals surface area contributed by atoms with E-state index in [1.165, 1.54) is 11.3 Å². The maximum Gasteiger partial charge on any atom is 0.210 e. The molecule has 1 N–H and O–H groups in total. The Morgan fingerprint density at radius 2 is 2.30 bits per heavy atom. The number of hydrogen-bond acceptors (Lipinski definition) is 6. The molecule has 7 heteroatoms. The molecule has 104 valence electrons. The van der Waals surface area contributed by atoms with E-state index in [0.717, 1.165) is 37.9 Å². The van der Waals surface area contributed by atoms with Crippen molar-refractivity contribution in [2.24, 2.45) is 0 Å². The van der Waals surface area contributed by atoms with Crippen LogP contribution in [0.1, 0.15) is 18.4 Å². The SMILES string of the molecule is Cc1ccc(Nc2nnc(SCCCC#N)s2)cc1Cl. The Bertz CT molecular complexity index is 621. The molecule has 0 saturated carbocycles. The molecule has 20 heavy (non-hydrogen) atoms. The first-order valence-corrected chi connectivity index (χ1v) is 8.23. The predicted molar refractivity (Wildman–Crippen MR) is 85.0 cm³/mol. The van der Waals surface area contributed by atoms with Gasteiger partial charge in [-0.05, 0) is 31.0 Å². The first-order chi connectivity index (χ1) is 9.69. The van der Waals surface area contributed by atoms with Gasteiger partial charge in [0.2, 0.25) is 5.13 Å². The normalized spacial score (nSPS) is 10.2. The Balaban J connectivity index is 1.92. The number of unbranched alkanes of at least 4 members (excludes halogenated alkanes) is 1. The van der Waals surface area contributed by atoms with E-state index in [9.17, 15) is 0 Å². The van der Waals surface area contributed by atoms with Gasteiger partial charge < -0.3 is 5.32 Å². The van der Waals surface area contributed by atoms with Gasteiger partial charge in [0, 0.05) is 22.9 Å². The molecule has 2 rings (SSSR count). The second kappa shape index (κ2) is 7.48. The summed E-state index contributed by atoms with van der Waals surface area (Å²) in [5, 5.41) is 21.3. The number of nitrogens with zero attached hydrogens (tertiary/aromatic N) is 3. The molecule has 0 saturated heterocycles. The van der Waals surface area contributed by atoms with E-state index < -0.39 is 0 Å². The Kier molecular flexibility index (Phi) is 5.65. The quantitative estimate of drug-likeness (QED) is 0.619. The molecule has 0 aliphatic rings. The summed E-state index contributed by atoms with van der Waals surface area (Å²) < 4.78 is 0.906. The molecule has 2 aromatic rings. The fourth-order valence-electron chi connectivity index (χ4n) is 1.42. The standard InChI is InChI=1S/C13H13ClN4S2/c1-9-4-5-10(8-11(9)14)16-12-17-18-13(20-12)19-7-3-2-6-15/h4-5,8H,2-3,7H2,1H3,(H,16,17). The smallest absolute Gasteiger partial charge is 0.210 e. The highest BCUT2D eigenvalue weighted by Gasteiger charge is 2.06. The topological polar surface area (TPSA) is 61.6 Å². The van der Waals surface area contributed by atoms with Gasteiger partial charge in [-0.25, -0.2) is 0 Å². The van der Waals surface area contributed by atoms with Crippen LogP contribution >= 0.6 is 34.7 Å². The van der Waals surface area contributed by atoms with E-state index in [0.29, 0.717) is 6.42 Å². The van der Waals surface area contributed by atoms with Crippen molar-refractivity contribution in [2.45, 2.75) is 24.1 Å². The van der Waals surface area contributed by atoms with Gasteiger partial charge >= 0.3 is 0 Å². The summed E-state index contributed by atoms with van der Waals surface area (Å²) in [6.07, 6.45) is 1.45. The van der Waals surface area contributed by atoms with Crippen molar-refractivity contribution in [3.8, 4) is 6.07 Å². The Morgan fingerprint density at radius 1 is 1.45 bits per heavy atom. The van der Waals surface area contributed by atoms with Crippen LogP contribution in [0.15, 0.2) is 22.5 Å². The predicted octanol–water partition coefficient (Wildman–Crippen LogP) is 4.64. The van der Waals surface area contributed by atoms with Gasteiger partial charge in [0.1, 0.15) is 0 Å². The summed E-state index contributed by atoms with van der Waals surface area (Å²) in [7, 11) is 0. The molecule has 0 aliphatic carbocycles. The third-order valence-corrected chi connectivity index (χ3v) is 4.95. The van der Waals surface area contributed by atoms with Crippen molar-refractivity contribution < 1.29 is 0 Å². The van der Waals surface area contributed by atoms with Crippen LogP contribution in [0.4, 0.5) is 10.8 Å². The molecule has 0 aliphatic heterocycles. The number of hydrogen-bond donors (Lipinski definition) is 1. The fraction of sp³-hybridized carbons (Fsp3) is 0.308. The first kappa shape index (κ1) is 15.1. The van der Waals surface area contributed by atoms with Crippen molar-refractivity contribution in [1.82, 2.24) is 10.2 Å². The van der Waals surface area contributed by atoms with Crippen LogP contribution in [0.25, 0.3) is 0 Å². The lowest BCUT2D eigenvalue weighted by molar-refractivity contribution is 0.971. The van der Waals surface area contributed by atoms with Crippen molar-refractivity contribution in [3.63, 3.8) is 0 Å². The van der Waals surface area contributed by atoms with E-state index >= 15 is 0 Å². The summed E-state index contributed by atoms with van der Waals surface area (Å²) >= 11 is 9.20. The molecule has 0 fully saturated rings. The van der Waals surface area contributed by atoms with Crippen LogP contribution in [-0.4, -0.2) is 16.0 Å². The average Bonchev–Trinajstić information content (AvgIpc) is 2.87. The van der Waals surface area contributed by atoms with Crippen LogP contribution in [-0.2, 0) is 0 Å². The molecule has 4 nitrogen and oxygen atoms in total. The molecule has 0 spiro atoms. The molecule has 1 heterocycles. The minimum absolute atomic E-state index is 0.582. The van der Waals surface area contributed by atoms with Gasteiger partial charge in [-0.2, -0.15) is 5.26 Å². The molecule has 0 amide bonds. The average molecular weight is 325 g/mol. The van der Waals surface area contributed by atoms with Gasteiger partial charge in [0.25, 0.3) is 0 Å². The summed E-state index contributed by atoms with van der Waals surface area (Å²) in [6.45, 7) is 1.97. The summed E-state index contributed by atoms with van der Waals surface area (Å²) in [4.78, 5) is 0. The largest absolute Gasteiger partial charge is 0.330 e. The van der Waals surface area contributed by atoms with Gasteiger partial charge in [0.05, 0.1) is 6.07 Å². The number of aromatic nitrogens is 2. The van der Waals surface area contributed by atoms with E-state index in [1.807, 2.05) is 25.1 Å². The number of nitrogens with one attached hydrogen (secondary N) is 1. The third-order valence-electron chi connectivity index (χ3n) is 2.49. The van der Waals surface area contributed by atoms with Crippen LogP contribution in [0.5, 0.6) is 0 Å². The minimum atomic E-state index is 0.582. The number of benzene rings is 1. The van der Waals surface area contributed by atoms with Crippen molar-refractivity contribution in [3.05, 3.63) is 28.8 Å². The highest BCUT2D eigenvalue weighted by molar-refractivity contribution is 8.01. The second-order valence-corrected chi connectivity index (χ2v) is 6.80. The van der Waals surface area contributed by atoms with Crippen molar-refractivity contribution in [1.29, 1.82) is 5.26 Å². The molecular weight excluding hydrogens is 312 g/mol. The zero-order valence-corrected chi connectivity index (χ0v) is 13.3. The van der Waals surface area contributed by atoms with E-state index in [4.69, 9.17) is 16.9 Å². The number of nitriles is 1. The highest BCUT2D eigenvalue weighted by atomic mass is 35.5. The number of rotatable bonds is 6. The summed E-state index contributed by atoms with van der Waals surface area (Å²) in [5.74, 6) is 0.887. The van der Waals surface area contributed by atoms with E-state index in [1.54, 1.807) is 11.8 Å². The fourth-order valence-corrected chi connectivity index (χ4v) is 3.39. The van der Waals surface area contributed by atoms with Crippen LogP contribution in [0.3, 0.4) is 0 Å². The van der Waals surface area contributed by atoms with Gasteiger partial charge in [-0.3, -0.25) is 0 Å². The molecule has 0 radical (unpaired) electrons. The lowest BCUT2D eigenvalue weighted by atomic mass is 10.2. The number of aryl methyl sites for hydroxylation is 1. The Labute approximate surface area is 131 Å². The van der Waals surface area contributed by atoms with Crippen LogP contribution < -0.4 is 5.32 Å². The molecule has 1 aromatic heterocycles. The zero-order chi connectivity index (χ0) is 14.4. The molecule has 0 bridgehead atoms. The first-order valence-electron chi connectivity index (χ1n) is 6.05. The van der Waals surface area contributed by atoms with Crippen LogP contribution in [0, 0.1) is 18.3 Å². The van der Waals surface area contributed by atoms with Gasteiger partial charge in [-0.15, -0.1) is 10.2 Å². The lowest BCUT2D eigenvalue weighted by Gasteiger charge is -2.03. The van der Waals surface area contributed by atoms with E-state index in [-0.39, 0.29) is 0 Å². The van der Waals surface area contributed by atoms with Gasteiger partial charge in [-0.1, -0.05) is 40.8 Å². The molecule has 0 atom stereocenters. The van der Waals surface area contributed by atoms with Crippen molar-refractivity contribution in [2.75, 3.05) is 11.1 Å². The number of thioether (sulfide) groups is 1. The van der Waals surface area contributed by atoms with Gasteiger partial charge in [0.15, 0.2) is 4.34 Å². The maximum absolute atomic E-state index is 8.47. The van der Waals surface area contributed by atoms with Crippen molar-refractivity contribution >= 4 is 45.5 Å². The Hall–Kier alpha value is -1.29. The number of halogens is 1. The minimum Gasteiger partial charge on any atom is -0.330 e. The molecule has 0 unspecified atom stereocenters. The molecular formula is C13H13ClN4S2. The monoisotopic (exact) mass is 324 g/mol. The number of anilines is 2. The van der Waals surface area contributed by atoms with Crippen LogP contribution in [0.2, 0.25) is 5.02 Å². The highest BCUT2D eigenvalue weighted by Crippen LogP contribution is 2.29. The summed E-state index contributed by atoms with van der Waals surface area (Å²) in [6, 6.07) is 7.93. The lowest BCUT2D eigenvalue weighted by Crippen LogP contribution is -1.89. The maximum atomic E-state index is 8.47. The summed E-state index contributed by atoms with van der Waals surface area (Å²) in [5.41, 5.74) is 1.95.